The van der Waals surface area contributed by atoms with Gasteiger partial charge < -0.3 is 5.32 Å². The average molecular weight is 218 g/mol. The zero-order valence-corrected chi connectivity index (χ0v) is 9.03. The molecular weight excluding hydrogens is 207 g/mol. The van der Waals surface area contributed by atoms with Gasteiger partial charge in [-0.1, -0.05) is 0 Å². The summed E-state index contributed by atoms with van der Waals surface area (Å²) in [5, 5.41) is 2.77. The number of anilines is 1. The summed E-state index contributed by atoms with van der Waals surface area (Å²) in [6.45, 7) is 1.89. The molecule has 1 N–H and O–H groups in total. The maximum atomic E-state index is 13.6. The van der Waals surface area contributed by atoms with Crippen LogP contribution in [0.4, 0.5) is 10.3 Å². The number of hydrogen-bond acceptors (Lipinski definition) is 4. The topological polar surface area (TPSA) is 50.7 Å². The molecule has 0 aliphatic rings. The molecular formula is C11H11FN4. The standard InChI is InChI=1S/C11H11FN4/c1-7-3-4-14-5-8(7)10-9(12)6-15-11(13-2)16-10/h3-6H,1-2H3,(H,13,15,16). The Morgan fingerprint density at radius 1 is 1.31 bits per heavy atom. The smallest absolute Gasteiger partial charge is 0.223 e. The Bertz CT molecular complexity index is 513. The first-order valence-corrected chi connectivity index (χ1v) is 4.83. The lowest BCUT2D eigenvalue weighted by Gasteiger charge is -2.06. The fourth-order valence-corrected chi connectivity index (χ4v) is 1.39. The highest BCUT2D eigenvalue weighted by Gasteiger charge is 2.11. The van der Waals surface area contributed by atoms with Crippen molar-refractivity contribution < 1.29 is 4.39 Å². The highest BCUT2D eigenvalue weighted by molar-refractivity contribution is 5.63. The van der Waals surface area contributed by atoms with Crippen molar-refractivity contribution in [1.29, 1.82) is 0 Å². The maximum Gasteiger partial charge on any atom is 0.223 e. The van der Waals surface area contributed by atoms with Gasteiger partial charge in [-0.15, -0.1) is 0 Å². The van der Waals surface area contributed by atoms with Crippen molar-refractivity contribution in [3.05, 3.63) is 36.0 Å². The Kier molecular flexibility index (Phi) is 2.76. The molecule has 0 unspecified atom stereocenters. The van der Waals surface area contributed by atoms with Crippen LogP contribution in [0.5, 0.6) is 0 Å². The number of pyridine rings is 1. The van der Waals surface area contributed by atoms with E-state index in [9.17, 15) is 4.39 Å². The van der Waals surface area contributed by atoms with Crippen molar-refractivity contribution in [2.45, 2.75) is 6.92 Å². The Hall–Kier alpha value is -2.04. The highest BCUT2D eigenvalue weighted by Crippen LogP contribution is 2.23. The van der Waals surface area contributed by atoms with E-state index in [0.717, 1.165) is 11.8 Å². The second-order valence-corrected chi connectivity index (χ2v) is 3.33. The zero-order valence-electron chi connectivity index (χ0n) is 9.03. The van der Waals surface area contributed by atoms with Crippen LogP contribution in [-0.2, 0) is 0 Å². The van der Waals surface area contributed by atoms with Crippen molar-refractivity contribution >= 4 is 5.95 Å². The number of hydrogen-bond donors (Lipinski definition) is 1. The molecule has 4 nitrogen and oxygen atoms in total. The molecule has 2 rings (SSSR count). The van der Waals surface area contributed by atoms with Crippen LogP contribution in [0.15, 0.2) is 24.7 Å². The van der Waals surface area contributed by atoms with Gasteiger partial charge in [0, 0.05) is 25.0 Å². The number of nitrogens with zero attached hydrogens (tertiary/aromatic N) is 3. The van der Waals surface area contributed by atoms with E-state index in [1.54, 1.807) is 19.4 Å². The third-order valence-corrected chi connectivity index (χ3v) is 2.26. The van der Waals surface area contributed by atoms with Gasteiger partial charge in [0.2, 0.25) is 5.95 Å². The molecule has 0 atom stereocenters. The van der Waals surface area contributed by atoms with E-state index in [-0.39, 0.29) is 5.69 Å². The molecule has 0 fully saturated rings. The zero-order chi connectivity index (χ0) is 11.5. The maximum absolute atomic E-state index is 13.6. The van der Waals surface area contributed by atoms with Crippen molar-refractivity contribution in [2.24, 2.45) is 0 Å². The van der Waals surface area contributed by atoms with Crippen LogP contribution in [0.1, 0.15) is 5.56 Å². The van der Waals surface area contributed by atoms with Crippen molar-refractivity contribution in [3.8, 4) is 11.3 Å². The van der Waals surface area contributed by atoms with E-state index in [1.165, 1.54) is 0 Å². The Morgan fingerprint density at radius 3 is 2.81 bits per heavy atom. The molecule has 0 amide bonds. The van der Waals surface area contributed by atoms with Crippen LogP contribution in [0.25, 0.3) is 11.3 Å². The number of aromatic nitrogens is 3. The minimum Gasteiger partial charge on any atom is -0.357 e. The van der Waals surface area contributed by atoms with Crippen LogP contribution in [0, 0.1) is 12.7 Å². The summed E-state index contributed by atoms with van der Waals surface area (Å²) in [6.07, 6.45) is 4.41. The normalized spacial score (nSPS) is 10.2. The van der Waals surface area contributed by atoms with Crippen LogP contribution in [0.3, 0.4) is 0 Å². The molecule has 0 radical (unpaired) electrons. The molecule has 0 bridgehead atoms. The lowest BCUT2D eigenvalue weighted by molar-refractivity contribution is 0.618. The van der Waals surface area contributed by atoms with Crippen LogP contribution in [-0.4, -0.2) is 22.0 Å². The van der Waals surface area contributed by atoms with Crippen molar-refractivity contribution in [3.63, 3.8) is 0 Å². The Labute approximate surface area is 92.6 Å². The number of rotatable bonds is 2. The summed E-state index contributed by atoms with van der Waals surface area (Å²) in [6, 6.07) is 1.82. The van der Waals surface area contributed by atoms with Crippen LogP contribution >= 0.6 is 0 Å². The first kappa shape index (κ1) is 10.5. The minimum atomic E-state index is -0.449. The minimum absolute atomic E-state index is 0.268. The largest absolute Gasteiger partial charge is 0.357 e. The van der Waals surface area contributed by atoms with Gasteiger partial charge in [0.15, 0.2) is 5.82 Å². The van der Waals surface area contributed by atoms with Gasteiger partial charge in [-0.3, -0.25) is 4.98 Å². The average Bonchev–Trinajstić information content (AvgIpc) is 2.31. The van der Waals surface area contributed by atoms with Gasteiger partial charge in [-0.25, -0.2) is 14.4 Å². The summed E-state index contributed by atoms with van der Waals surface area (Å²) in [5.41, 5.74) is 1.87. The van der Waals surface area contributed by atoms with Crippen molar-refractivity contribution in [1.82, 2.24) is 15.0 Å². The van der Waals surface area contributed by atoms with E-state index >= 15 is 0 Å². The Morgan fingerprint density at radius 2 is 2.12 bits per heavy atom. The predicted octanol–water partition coefficient (Wildman–Crippen LogP) is 2.03. The van der Waals surface area contributed by atoms with E-state index in [4.69, 9.17) is 0 Å². The SMILES string of the molecule is CNc1ncc(F)c(-c2cnccc2C)n1. The van der Waals surface area contributed by atoms with Gasteiger partial charge in [-0.2, -0.15) is 0 Å². The summed E-state index contributed by atoms with van der Waals surface area (Å²) in [5.74, 6) is -0.0604. The van der Waals surface area contributed by atoms with E-state index in [0.29, 0.717) is 11.5 Å². The van der Waals surface area contributed by atoms with E-state index in [1.807, 2.05) is 13.0 Å². The van der Waals surface area contributed by atoms with Gasteiger partial charge >= 0.3 is 0 Å². The lowest BCUT2D eigenvalue weighted by atomic mass is 10.1. The summed E-state index contributed by atoms with van der Waals surface area (Å²) in [7, 11) is 1.69. The molecule has 0 spiro atoms. The lowest BCUT2D eigenvalue weighted by Crippen LogP contribution is -2.00. The number of nitrogens with one attached hydrogen (secondary N) is 1. The van der Waals surface area contributed by atoms with Gasteiger partial charge in [-0.05, 0) is 18.6 Å². The van der Waals surface area contributed by atoms with E-state index < -0.39 is 5.82 Å². The second-order valence-electron chi connectivity index (χ2n) is 3.33. The summed E-state index contributed by atoms with van der Waals surface area (Å²) in [4.78, 5) is 11.9. The monoisotopic (exact) mass is 218 g/mol. The van der Waals surface area contributed by atoms with E-state index in [2.05, 4.69) is 20.3 Å². The predicted molar refractivity (Wildman–Crippen MR) is 59.5 cm³/mol. The molecule has 82 valence electrons. The summed E-state index contributed by atoms with van der Waals surface area (Å²) >= 11 is 0. The third kappa shape index (κ3) is 1.84. The molecule has 5 heteroatoms. The second kappa shape index (κ2) is 4.22. The Balaban J connectivity index is 2.59. The molecule has 2 aromatic heterocycles. The molecule has 2 heterocycles. The van der Waals surface area contributed by atoms with Gasteiger partial charge in [0.05, 0.1) is 6.20 Å². The first-order chi connectivity index (χ1) is 7.72. The fourth-order valence-electron chi connectivity index (χ4n) is 1.39. The summed E-state index contributed by atoms with van der Waals surface area (Å²) < 4.78 is 13.6. The third-order valence-electron chi connectivity index (χ3n) is 2.26. The van der Waals surface area contributed by atoms with Gasteiger partial charge in [0.25, 0.3) is 0 Å². The highest BCUT2D eigenvalue weighted by atomic mass is 19.1. The molecule has 16 heavy (non-hydrogen) atoms. The molecule has 0 saturated carbocycles. The number of aryl methyl sites for hydroxylation is 1. The molecule has 2 aromatic rings. The fraction of sp³-hybridized carbons (Fsp3) is 0.182. The van der Waals surface area contributed by atoms with Crippen LogP contribution < -0.4 is 5.32 Å². The number of halogens is 1. The quantitative estimate of drug-likeness (QED) is 0.837. The molecule has 0 aliphatic heterocycles. The van der Waals surface area contributed by atoms with Crippen LogP contribution in [0.2, 0.25) is 0 Å². The molecule has 0 saturated heterocycles. The molecule has 0 aliphatic carbocycles. The van der Waals surface area contributed by atoms with Crippen molar-refractivity contribution in [2.75, 3.05) is 12.4 Å². The van der Waals surface area contributed by atoms with Gasteiger partial charge in [0.1, 0.15) is 5.69 Å². The first-order valence-electron chi connectivity index (χ1n) is 4.83. The molecule has 0 aromatic carbocycles.